The molecule has 2 unspecified atom stereocenters. The highest BCUT2D eigenvalue weighted by Crippen LogP contribution is 2.12. The SMILES string of the molecule is COCCN(CC(=O)O)C(=O)NC1CCOC1C. The monoisotopic (exact) mass is 260 g/mol. The number of amides is 2. The fraction of sp³-hybridized carbons (Fsp3) is 0.818. The molecule has 7 heteroatoms. The fourth-order valence-electron chi connectivity index (χ4n) is 1.79. The van der Waals surface area contributed by atoms with Crippen LogP contribution >= 0.6 is 0 Å². The van der Waals surface area contributed by atoms with Gasteiger partial charge in [-0.2, -0.15) is 0 Å². The number of aliphatic carboxylic acids is 1. The number of carbonyl (C=O) groups is 2. The van der Waals surface area contributed by atoms with Gasteiger partial charge < -0.3 is 24.8 Å². The van der Waals surface area contributed by atoms with E-state index in [1.165, 1.54) is 12.0 Å². The summed E-state index contributed by atoms with van der Waals surface area (Å²) in [5, 5.41) is 11.5. The number of nitrogens with zero attached hydrogens (tertiary/aromatic N) is 1. The second-order valence-corrected chi connectivity index (χ2v) is 4.23. The first-order chi connectivity index (χ1) is 8.54. The van der Waals surface area contributed by atoms with Crippen molar-refractivity contribution in [1.82, 2.24) is 10.2 Å². The van der Waals surface area contributed by atoms with Gasteiger partial charge in [-0.05, 0) is 13.3 Å². The minimum atomic E-state index is -1.04. The van der Waals surface area contributed by atoms with Crippen LogP contribution < -0.4 is 5.32 Å². The van der Waals surface area contributed by atoms with Gasteiger partial charge in [-0.1, -0.05) is 0 Å². The summed E-state index contributed by atoms with van der Waals surface area (Å²) in [6.45, 7) is 2.71. The number of methoxy groups -OCH3 is 1. The molecular weight excluding hydrogens is 240 g/mol. The van der Waals surface area contributed by atoms with Crippen molar-refractivity contribution in [1.29, 1.82) is 0 Å². The molecule has 18 heavy (non-hydrogen) atoms. The molecule has 0 aromatic heterocycles. The van der Waals surface area contributed by atoms with Gasteiger partial charge in [0.05, 0.1) is 18.8 Å². The zero-order valence-electron chi connectivity index (χ0n) is 10.7. The van der Waals surface area contributed by atoms with Gasteiger partial charge >= 0.3 is 12.0 Å². The number of hydrogen-bond donors (Lipinski definition) is 2. The van der Waals surface area contributed by atoms with Crippen LogP contribution in [-0.4, -0.2) is 67.6 Å². The summed E-state index contributed by atoms with van der Waals surface area (Å²) >= 11 is 0. The molecule has 1 heterocycles. The molecule has 2 atom stereocenters. The minimum absolute atomic E-state index is 0.0388. The number of ether oxygens (including phenoxy) is 2. The van der Waals surface area contributed by atoms with Gasteiger partial charge in [-0.25, -0.2) is 4.79 Å². The van der Waals surface area contributed by atoms with Gasteiger partial charge in [0.25, 0.3) is 0 Å². The maximum atomic E-state index is 11.9. The normalized spacial score (nSPS) is 22.8. The van der Waals surface area contributed by atoms with E-state index in [4.69, 9.17) is 14.6 Å². The quantitative estimate of drug-likeness (QED) is 0.696. The average Bonchev–Trinajstić information content (AvgIpc) is 2.70. The first-order valence-electron chi connectivity index (χ1n) is 5.92. The topological polar surface area (TPSA) is 88.1 Å². The molecule has 1 fully saturated rings. The summed E-state index contributed by atoms with van der Waals surface area (Å²) in [5.41, 5.74) is 0. The van der Waals surface area contributed by atoms with E-state index in [-0.39, 0.29) is 25.2 Å². The third-order valence-electron chi connectivity index (χ3n) is 2.86. The maximum absolute atomic E-state index is 11.9. The molecule has 2 amide bonds. The molecule has 1 rings (SSSR count). The highest BCUT2D eigenvalue weighted by molar-refractivity contribution is 5.80. The van der Waals surface area contributed by atoms with Gasteiger partial charge in [-0.3, -0.25) is 4.79 Å². The molecule has 1 saturated heterocycles. The molecule has 0 aromatic carbocycles. The Morgan fingerprint density at radius 3 is 2.78 bits per heavy atom. The van der Waals surface area contributed by atoms with Crippen molar-refractivity contribution >= 4 is 12.0 Å². The zero-order chi connectivity index (χ0) is 13.5. The van der Waals surface area contributed by atoms with Crippen LogP contribution in [0.3, 0.4) is 0 Å². The lowest BCUT2D eigenvalue weighted by Gasteiger charge is -2.24. The first kappa shape index (κ1) is 14.7. The van der Waals surface area contributed by atoms with Crippen LogP contribution in [0.25, 0.3) is 0 Å². The van der Waals surface area contributed by atoms with Gasteiger partial charge in [0.15, 0.2) is 0 Å². The molecule has 0 radical (unpaired) electrons. The molecular formula is C11H20N2O5. The van der Waals surface area contributed by atoms with Gasteiger partial charge in [0.1, 0.15) is 6.54 Å². The lowest BCUT2D eigenvalue weighted by Crippen LogP contribution is -2.49. The highest BCUT2D eigenvalue weighted by atomic mass is 16.5. The molecule has 0 aliphatic carbocycles. The number of carboxylic acid groups (broad SMARTS) is 1. The standard InChI is InChI=1S/C11H20N2O5/c1-8-9(3-5-18-8)12-11(16)13(4-6-17-2)7-10(14)15/h8-9H,3-7H2,1-2H3,(H,12,16)(H,14,15). The Morgan fingerprint density at radius 1 is 1.56 bits per heavy atom. The summed E-state index contributed by atoms with van der Waals surface area (Å²) < 4.78 is 10.2. The van der Waals surface area contributed by atoms with Gasteiger partial charge in [-0.15, -0.1) is 0 Å². The summed E-state index contributed by atoms with van der Waals surface area (Å²) in [4.78, 5) is 23.8. The molecule has 0 saturated carbocycles. The van der Waals surface area contributed by atoms with Crippen molar-refractivity contribution in [3.05, 3.63) is 0 Å². The van der Waals surface area contributed by atoms with Crippen molar-refractivity contribution in [3.8, 4) is 0 Å². The van der Waals surface area contributed by atoms with Crippen LogP contribution in [-0.2, 0) is 14.3 Å². The lowest BCUT2D eigenvalue weighted by atomic mass is 10.2. The van der Waals surface area contributed by atoms with Gasteiger partial charge in [0, 0.05) is 20.3 Å². The van der Waals surface area contributed by atoms with Crippen molar-refractivity contribution in [3.63, 3.8) is 0 Å². The third kappa shape index (κ3) is 4.50. The number of carbonyl (C=O) groups excluding carboxylic acids is 1. The van der Waals surface area contributed by atoms with E-state index in [1.54, 1.807) is 0 Å². The highest BCUT2D eigenvalue weighted by Gasteiger charge is 2.27. The Kier molecular flexibility index (Phi) is 5.87. The molecule has 0 spiro atoms. The van der Waals surface area contributed by atoms with Crippen LogP contribution in [0.4, 0.5) is 4.79 Å². The van der Waals surface area contributed by atoms with Crippen LogP contribution in [0.15, 0.2) is 0 Å². The third-order valence-corrected chi connectivity index (χ3v) is 2.86. The van der Waals surface area contributed by atoms with Crippen molar-refractivity contribution in [2.75, 3.05) is 33.4 Å². The summed E-state index contributed by atoms with van der Waals surface area (Å²) in [6.07, 6.45) is 0.709. The summed E-state index contributed by atoms with van der Waals surface area (Å²) in [6, 6.07) is -0.451. The predicted octanol–water partition coefficient (Wildman–Crippen LogP) is -0.0936. The van der Waals surface area contributed by atoms with Crippen LogP contribution in [0.5, 0.6) is 0 Å². The Bertz CT molecular complexity index is 297. The van der Waals surface area contributed by atoms with E-state index in [0.717, 1.165) is 6.42 Å². The Hall–Kier alpha value is -1.34. The fourth-order valence-corrected chi connectivity index (χ4v) is 1.79. The summed E-state index contributed by atoms with van der Waals surface area (Å²) in [5.74, 6) is -1.04. The molecule has 7 nitrogen and oxygen atoms in total. The molecule has 0 aromatic rings. The molecule has 1 aliphatic rings. The van der Waals surface area contributed by atoms with Crippen molar-refractivity contribution < 1.29 is 24.2 Å². The Labute approximate surface area is 106 Å². The van der Waals surface area contributed by atoms with E-state index >= 15 is 0 Å². The first-order valence-corrected chi connectivity index (χ1v) is 5.92. The molecule has 2 N–H and O–H groups in total. The van der Waals surface area contributed by atoms with Crippen molar-refractivity contribution in [2.24, 2.45) is 0 Å². The second kappa shape index (κ2) is 7.17. The van der Waals surface area contributed by atoms with Gasteiger partial charge in [0.2, 0.25) is 0 Å². The zero-order valence-corrected chi connectivity index (χ0v) is 10.7. The summed E-state index contributed by atoms with van der Waals surface area (Å²) in [7, 11) is 1.50. The van der Waals surface area contributed by atoms with Crippen molar-refractivity contribution in [2.45, 2.75) is 25.5 Å². The number of rotatable bonds is 6. The Morgan fingerprint density at radius 2 is 2.28 bits per heavy atom. The second-order valence-electron chi connectivity index (χ2n) is 4.23. The lowest BCUT2D eigenvalue weighted by molar-refractivity contribution is -0.137. The molecule has 104 valence electrons. The minimum Gasteiger partial charge on any atom is -0.480 e. The van der Waals surface area contributed by atoms with Crippen LogP contribution in [0, 0.1) is 0 Å². The number of urea groups is 1. The smallest absolute Gasteiger partial charge is 0.323 e. The largest absolute Gasteiger partial charge is 0.480 e. The van der Waals surface area contributed by atoms with E-state index in [2.05, 4.69) is 5.32 Å². The number of carboxylic acids is 1. The van der Waals surface area contributed by atoms with Crippen LogP contribution in [0.2, 0.25) is 0 Å². The van der Waals surface area contributed by atoms with Crippen LogP contribution in [0.1, 0.15) is 13.3 Å². The van der Waals surface area contributed by atoms with E-state index in [0.29, 0.717) is 13.2 Å². The van der Waals surface area contributed by atoms with E-state index in [9.17, 15) is 9.59 Å². The molecule has 1 aliphatic heterocycles. The Balaban J connectivity index is 2.49. The average molecular weight is 260 g/mol. The number of nitrogens with one attached hydrogen (secondary N) is 1. The molecule has 0 bridgehead atoms. The van der Waals surface area contributed by atoms with E-state index < -0.39 is 12.0 Å². The van der Waals surface area contributed by atoms with E-state index in [1.807, 2.05) is 6.92 Å². The number of hydrogen-bond acceptors (Lipinski definition) is 4. The maximum Gasteiger partial charge on any atom is 0.323 e. The predicted molar refractivity (Wildman–Crippen MR) is 63.4 cm³/mol.